The second kappa shape index (κ2) is 6.80. The van der Waals surface area contributed by atoms with Crippen LogP contribution in [-0.2, 0) is 16.1 Å². The molecule has 1 spiro atoms. The lowest BCUT2D eigenvalue weighted by molar-refractivity contribution is -0.197. The maximum atomic E-state index is 10.4. The Balaban J connectivity index is 1.34. The summed E-state index contributed by atoms with van der Waals surface area (Å²) in [5.74, 6) is 2.82. The standard InChI is InChI=1S/C27H38O3/c1-25-12-10-20(28)14-19(25)8-9-21-22-11-13-27(17-30-27)26(22,2)15-23(24(21)25)29-16-18-6-4-3-5-7-18/h3-7,19-24,28H,8-17H2,1-2H3/t19-,20+,21+,22+,23-,24-,25-,26-,27+/m1/s1. The Labute approximate surface area is 181 Å². The van der Waals surface area contributed by atoms with E-state index in [9.17, 15) is 5.11 Å². The van der Waals surface area contributed by atoms with Crippen LogP contribution in [0.1, 0.15) is 70.8 Å². The van der Waals surface area contributed by atoms with Crippen molar-refractivity contribution in [2.24, 2.45) is 34.5 Å². The molecule has 5 fully saturated rings. The van der Waals surface area contributed by atoms with Gasteiger partial charge in [0, 0.05) is 5.41 Å². The van der Waals surface area contributed by atoms with Gasteiger partial charge in [-0.3, -0.25) is 0 Å². The summed E-state index contributed by atoms with van der Waals surface area (Å²) < 4.78 is 13.0. The lowest BCUT2D eigenvalue weighted by Gasteiger charge is -2.62. The Morgan fingerprint density at radius 1 is 1.07 bits per heavy atom. The van der Waals surface area contributed by atoms with Crippen LogP contribution in [0.15, 0.2) is 30.3 Å². The Morgan fingerprint density at radius 3 is 2.63 bits per heavy atom. The van der Waals surface area contributed by atoms with E-state index in [-0.39, 0.29) is 17.1 Å². The van der Waals surface area contributed by atoms with E-state index in [4.69, 9.17) is 9.47 Å². The normalized spacial score (nSPS) is 51.8. The van der Waals surface area contributed by atoms with Crippen LogP contribution in [0.5, 0.6) is 0 Å². The summed E-state index contributed by atoms with van der Waals surface area (Å²) >= 11 is 0. The van der Waals surface area contributed by atoms with Crippen molar-refractivity contribution in [3.63, 3.8) is 0 Å². The Morgan fingerprint density at radius 2 is 1.87 bits per heavy atom. The Bertz CT molecular complexity index is 789. The van der Waals surface area contributed by atoms with Crippen LogP contribution < -0.4 is 0 Å². The molecule has 3 heteroatoms. The number of rotatable bonds is 3. The highest BCUT2D eigenvalue weighted by atomic mass is 16.6. The van der Waals surface area contributed by atoms with Crippen molar-refractivity contribution in [3.8, 4) is 0 Å². The Kier molecular flexibility index (Phi) is 4.48. The van der Waals surface area contributed by atoms with Crippen molar-refractivity contribution < 1.29 is 14.6 Å². The number of hydrogen-bond donors (Lipinski definition) is 1. The van der Waals surface area contributed by atoms with Crippen LogP contribution in [0.2, 0.25) is 0 Å². The molecule has 1 heterocycles. The van der Waals surface area contributed by atoms with E-state index in [0.29, 0.717) is 30.0 Å². The minimum absolute atomic E-state index is 0.0909. The van der Waals surface area contributed by atoms with Crippen molar-refractivity contribution in [2.45, 2.75) is 89.6 Å². The molecule has 9 atom stereocenters. The SMILES string of the molecule is C[C@@]12CC[C@H](O)C[C@H]1CC[C@@H]1[C@@H]2[C@H](OCc2ccccc2)C[C@]2(C)[C@H]1CC[C@]21CO1. The molecule has 0 amide bonds. The largest absolute Gasteiger partial charge is 0.393 e. The summed E-state index contributed by atoms with van der Waals surface area (Å²) in [6.07, 6.45) is 9.70. The third-order valence-electron chi connectivity index (χ3n) is 10.6. The van der Waals surface area contributed by atoms with E-state index in [2.05, 4.69) is 44.2 Å². The molecule has 0 unspecified atom stereocenters. The van der Waals surface area contributed by atoms with Gasteiger partial charge >= 0.3 is 0 Å². The number of aliphatic hydroxyl groups excluding tert-OH is 1. The van der Waals surface area contributed by atoms with Gasteiger partial charge in [-0.15, -0.1) is 0 Å². The van der Waals surface area contributed by atoms with E-state index in [1.807, 2.05) is 0 Å². The lowest BCUT2D eigenvalue weighted by Crippen LogP contribution is -2.60. The van der Waals surface area contributed by atoms with Gasteiger partial charge in [0.25, 0.3) is 0 Å². The summed E-state index contributed by atoms with van der Waals surface area (Å²) in [6, 6.07) is 10.7. The molecule has 0 aromatic heterocycles. The smallest absolute Gasteiger partial charge is 0.0973 e. The number of aliphatic hydroxyl groups is 1. The van der Waals surface area contributed by atoms with Crippen molar-refractivity contribution in [1.29, 1.82) is 0 Å². The van der Waals surface area contributed by atoms with Crippen LogP contribution in [0.3, 0.4) is 0 Å². The minimum atomic E-state index is -0.0909. The number of epoxide rings is 1. The van der Waals surface area contributed by atoms with Crippen LogP contribution in [0, 0.1) is 34.5 Å². The predicted octanol–water partition coefficient (Wildman–Crippen LogP) is 5.35. The second-order valence-electron chi connectivity index (χ2n) is 11.8. The molecule has 1 aliphatic heterocycles. The first-order chi connectivity index (χ1) is 14.5. The maximum Gasteiger partial charge on any atom is 0.0973 e. The van der Waals surface area contributed by atoms with E-state index < -0.39 is 0 Å². The number of fused-ring (bicyclic) bond motifs is 6. The van der Waals surface area contributed by atoms with E-state index in [0.717, 1.165) is 44.1 Å². The minimum Gasteiger partial charge on any atom is -0.393 e. The Hall–Kier alpha value is -0.900. The van der Waals surface area contributed by atoms with Crippen LogP contribution >= 0.6 is 0 Å². The summed E-state index contributed by atoms with van der Waals surface area (Å²) in [7, 11) is 0. The molecule has 6 rings (SSSR count). The first-order valence-electron chi connectivity index (χ1n) is 12.4. The van der Waals surface area contributed by atoms with Crippen molar-refractivity contribution >= 4 is 0 Å². The van der Waals surface area contributed by atoms with Gasteiger partial charge in [-0.1, -0.05) is 44.2 Å². The molecule has 164 valence electrons. The van der Waals surface area contributed by atoms with E-state index >= 15 is 0 Å². The molecular formula is C27H38O3. The first-order valence-corrected chi connectivity index (χ1v) is 12.4. The predicted molar refractivity (Wildman–Crippen MR) is 117 cm³/mol. The summed E-state index contributed by atoms with van der Waals surface area (Å²) in [4.78, 5) is 0. The highest BCUT2D eigenvalue weighted by Gasteiger charge is 2.72. The van der Waals surface area contributed by atoms with Gasteiger partial charge in [-0.05, 0) is 86.0 Å². The fourth-order valence-corrected chi connectivity index (χ4v) is 8.90. The average molecular weight is 411 g/mol. The van der Waals surface area contributed by atoms with Crippen LogP contribution in [0.4, 0.5) is 0 Å². The monoisotopic (exact) mass is 410 g/mol. The van der Waals surface area contributed by atoms with Gasteiger partial charge in [-0.2, -0.15) is 0 Å². The highest BCUT2D eigenvalue weighted by molar-refractivity contribution is 5.21. The molecule has 1 aromatic carbocycles. The maximum absolute atomic E-state index is 10.4. The van der Waals surface area contributed by atoms with Crippen molar-refractivity contribution in [3.05, 3.63) is 35.9 Å². The number of ether oxygens (including phenoxy) is 2. The summed E-state index contributed by atoms with van der Waals surface area (Å²) in [5.41, 5.74) is 2.01. The molecule has 1 aromatic rings. The van der Waals surface area contributed by atoms with Gasteiger partial charge in [0.2, 0.25) is 0 Å². The van der Waals surface area contributed by atoms with Crippen LogP contribution in [0.25, 0.3) is 0 Å². The molecule has 0 bridgehead atoms. The van der Waals surface area contributed by atoms with Crippen molar-refractivity contribution in [2.75, 3.05) is 6.61 Å². The summed E-state index contributed by atoms with van der Waals surface area (Å²) in [5, 5.41) is 10.4. The van der Waals surface area contributed by atoms with Gasteiger partial charge < -0.3 is 14.6 Å². The third-order valence-corrected chi connectivity index (χ3v) is 10.6. The molecule has 1 saturated heterocycles. The molecule has 4 saturated carbocycles. The highest BCUT2D eigenvalue weighted by Crippen LogP contribution is 2.71. The molecule has 1 N–H and O–H groups in total. The van der Waals surface area contributed by atoms with Gasteiger partial charge in [0.1, 0.15) is 0 Å². The number of benzene rings is 1. The average Bonchev–Trinajstić information content (AvgIpc) is 3.48. The molecule has 0 radical (unpaired) electrons. The quantitative estimate of drug-likeness (QED) is 0.683. The van der Waals surface area contributed by atoms with E-state index in [1.165, 1.54) is 31.2 Å². The molecular weight excluding hydrogens is 372 g/mol. The topological polar surface area (TPSA) is 42.0 Å². The molecule has 4 aliphatic carbocycles. The van der Waals surface area contributed by atoms with Crippen molar-refractivity contribution in [1.82, 2.24) is 0 Å². The molecule has 30 heavy (non-hydrogen) atoms. The lowest BCUT2D eigenvalue weighted by atomic mass is 9.44. The van der Waals surface area contributed by atoms with Gasteiger partial charge in [0.15, 0.2) is 0 Å². The zero-order valence-electron chi connectivity index (χ0n) is 18.7. The fourth-order valence-electron chi connectivity index (χ4n) is 8.90. The third kappa shape index (κ3) is 2.74. The zero-order valence-corrected chi connectivity index (χ0v) is 18.7. The molecule has 5 aliphatic rings. The van der Waals surface area contributed by atoms with E-state index in [1.54, 1.807) is 0 Å². The van der Waals surface area contributed by atoms with Gasteiger partial charge in [-0.25, -0.2) is 0 Å². The molecule has 3 nitrogen and oxygen atoms in total. The zero-order chi connectivity index (χ0) is 20.6. The van der Waals surface area contributed by atoms with Crippen LogP contribution in [-0.4, -0.2) is 29.5 Å². The van der Waals surface area contributed by atoms with Gasteiger partial charge in [0.05, 0.1) is 31.0 Å². The fraction of sp³-hybridized carbons (Fsp3) is 0.778. The summed E-state index contributed by atoms with van der Waals surface area (Å²) in [6.45, 7) is 6.77. The first kappa shape index (κ1) is 19.8. The number of hydrogen-bond acceptors (Lipinski definition) is 3. The second-order valence-corrected chi connectivity index (χ2v) is 11.8.